The second-order valence-electron chi connectivity index (χ2n) is 5.16. The van der Waals surface area contributed by atoms with Gasteiger partial charge in [-0.2, -0.15) is 0 Å². The predicted molar refractivity (Wildman–Crippen MR) is 109 cm³/mol. The highest BCUT2D eigenvalue weighted by molar-refractivity contribution is 14.0. The zero-order valence-corrected chi connectivity index (χ0v) is 17.5. The number of guanidine groups is 1. The Bertz CT molecular complexity index is 508. The molecule has 0 atom stereocenters. The highest BCUT2D eigenvalue weighted by atomic mass is 127. The Morgan fingerprint density at radius 3 is 2.69 bits per heavy atom. The summed E-state index contributed by atoms with van der Waals surface area (Å²) in [5, 5.41) is 6.35. The van der Waals surface area contributed by atoms with Crippen LogP contribution in [0, 0.1) is 0 Å². The van der Waals surface area contributed by atoms with E-state index < -0.39 is 13.0 Å². The zero-order valence-electron chi connectivity index (χ0n) is 15.2. The summed E-state index contributed by atoms with van der Waals surface area (Å²) in [5.41, 5.74) is 0.914. The smallest absolute Gasteiger partial charge is 0.272 e. The van der Waals surface area contributed by atoms with Gasteiger partial charge in [0.1, 0.15) is 12.4 Å². The van der Waals surface area contributed by atoms with Gasteiger partial charge in [0.2, 0.25) is 0 Å². The maximum atomic E-state index is 12.2. The van der Waals surface area contributed by atoms with Crippen molar-refractivity contribution in [1.82, 2.24) is 10.6 Å². The summed E-state index contributed by atoms with van der Waals surface area (Å²) < 4.78 is 39.6. The summed E-state index contributed by atoms with van der Waals surface area (Å²) in [6, 6.07) is 7.04. The molecule has 0 aliphatic carbocycles. The lowest BCUT2D eigenvalue weighted by Gasteiger charge is -2.13. The van der Waals surface area contributed by atoms with Crippen molar-refractivity contribution in [2.75, 3.05) is 47.1 Å². The predicted octanol–water partition coefficient (Wildman–Crippen LogP) is 2.67. The fraction of sp³-hybridized carbons (Fsp3) is 0.588. The van der Waals surface area contributed by atoms with Crippen molar-refractivity contribution < 1.29 is 23.0 Å². The van der Waals surface area contributed by atoms with E-state index >= 15 is 0 Å². The van der Waals surface area contributed by atoms with Crippen LogP contribution in [0.15, 0.2) is 29.3 Å². The molecule has 0 aliphatic heterocycles. The maximum Gasteiger partial charge on any atom is 0.272 e. The van der Waals surface area contributed by atoms with Gasteiger partial charge in [0.15, 0.2) is 5.96 Å². The topological polar surface area (TPSA) is 64.1 Å². The molecule has 0 heterocycles. The van der Waals surface area contributed by atoms with Gasteiger partial charge in [-0.25, -0.2) is 8.78 Å². The molecule has 0 saturated carbocycles. The molecule has 1 aromatic carbocycles. The minimum Gasteiger partial charge on any atom is -0.488 e. The average molecular weight is 487 g/mol. The molecule has 150 valence electrons. The summed E-state index contributed by atoms with van der Waals surface area (Å²) in [7, 11) is 3.33. The zero-order chi connectivity index (χ0) is 18.3. The maximum absolute atomic E-state index is 12.2. The molecule has 6 nitrogen and oxygen atoms in total. The molecule has 0 fully saturated rings. The Morgan fingerprint density at radius 2 is 2.00 bits per heavy atom. The molecule has 0 unspecified atom stereocenters. The highest BCUT2D eigenvalue weighted by Crippen LogP contribution is 2.14. The van der Waals surface area contributed by atoms with Gasteiger partial charge in [0.05, 0.1) is 13.2 Å². The van der Waals surface area contributed by atoms with Crippen molar-refractivity contribution in [3.05, 3.63) is 29.8 Å². The van der Waals surface area contributed by atoms with Gasteiger partial charge in [-0.15, -0.1) is 24.0 Å². The number of hydrogen-bond donors (Lipinski definition) is 2. The lowest BCUT2D eigenvalue weighted by Crippen LogP contribution is -2.37. The summed E-state index contributed by atoms with van der Waals surface area (Å²) in [5.74, 6) is 1.09. The minimum absolute atomic E-state index is 0. The quantitative estimate of drug-likeness (QED) is 0.206. The van der Waals surface area contributed by atoms with Crippen LogP contribution in [0.2, 0.25) is 0 Å². The van der Waals surface area contributed by atoms with Crippen molar-refractivity contribution >= 4 is 29.9 Å². The van der Waals surface area contributed by atoms with Crippen LogP contribution in [0.1, 0.15) is 12.0 Å². The van der Waals surface area contributed by atoms with Crippen molar-refractivity contribution in [1.29, 1.82) is 0 Å². The lowest BCUT2D eigenvalue weighted by molar-refractivity contribution is 0.0698. The third-order valence-electron chi connectivity index (χ3n) is 3.15. The summed E-state index contributed by atoms with van der Waals surface area (Å²) >= 11 is 0. The van der Waals surface area contributed by atoms with Crippen LogP contribution in [-0.4, -0.2) is 59.5 Å². The van der Waals surface area contributed by atoms with Gasteiger partial charge in [-0.05, 0) is 24.1 Å². The average Bonchev–Trinajstić information content (AvgIpc) is 2.62. The van der Waals surface area contributed by atoms with Crippen molar-refractivity contribution in [2.45, 2.75) is 19.4 Å². The number of methoxy groups -OCH3 is 1. The molecule has 0 amide bonds. The molecule has 0 spiro atoms. The number of halogens is 3. The van der Waals surface area contributed by atoms with Crippen LogP contribution in [0.5, 0.6) is 5.75 Å². The van der Waals surface area contributed by atoms with Crippen molar-refractivity contribution in [2.24, 2.45) is 4.99 Å². The van der Waals surface area contributed by atoms with Gasteiger partial charge >= 0.3 is 0 Å². The Morgan fingerprint density at radius 1 is 1.19 bits per heavy atom. The van der Waals surface area contributed by atoms with E-state index in [2.05, 4.69) is 15.6 Å². The second-order valence-corrected chi connectivity index (χ2v) is 5.16. The largest absolute Gasteiger partial charge is 0.488 e. The first-order valence-electron chi connectivity index (χ1n) is 8.16. The summed E-state index contributed by atoms with van der Waals surface area (Å²) in [4.78, 5) is 4.14. The van der Waals surface area contributed by atoms with Crippen LogP contribution >= 0.6 is 24.0 Å². The number of benzene rings is 1. The monoisotopic (exact) mass is 487 g/mol. The number of alkyl halides is 2. The van der Waals surface area contributed by atoms with E-state index in [1.807, 2.05) is 6.07 Å². The van der Waals surface area contributed by atoms with Crippen LogP contribution in [-0.2, 0) is 16.0 Å². The van der Waals surface area contributed by atoms with Crippen molar-refractivity contribution in [3.63, 3.8) is 0 Å². The van der Waals surface area contributed by atoms with Gasteiger partial charge in [0, 0.05) is 33.9 Å². The molecule has 1 rings (SSSR count). The summed E-state index contributed by atoms with van der Waals surface area (Å²) in [6.07, 6.45) is -1.63. The highest BCUT2D eigenvalue weighted by Gasteiger charge is 2.04. The molecule has 0 aliphatic rings. The van der Waals surface area contributed by atoms with Crippen LogP contribution < -0.4 is 15.4 Å². The number of nitrogens with one attached hydrogen (secondary N) is 2. The molecular weight excluding hydrogens is 459 g/mol. The first-order chi connectivity index (χ1) is 12.2. The van der Waals surface area contributed by atoms with E-state index in [9.17, 15) is 8.78 Å². The van der Waals surface area contributed by atoms with Crippen LogP contribution in [0.3, 0.4) is 0 Å². The fourth-order valence-corrected chi connectivity index (χ4v) is 1.94. The van der Waals surface area contributed by atoms with Gasteiger partial charge in [-0.1, -0.05) is 12.1 Å². The van der Waals surface area contributed by atoms with Crippen LogP contribution in [0.25, 0.3) is 0 Å². The van der Waals surface area contributed by atoms with Gasteiger partial charge in [-0.3, -0.25) is 4.99 Å². The lowest BCUT2D eigenvalue weighted by atomic mass is 10.2. The van der Waals surface area contributed by atoms with Gasteiger partial charge in [0.25, 0.3) is 6.43 Å². The first kappa shape index (κ1) is 24.8. The van der Waals surface area contributed by atoms with E-state index in [0.29, 0.717) is 38.1 Å². The van der Waals surface area contributed by atoms with Crippen molar-refractivity contribution in [3.8, 4) is 5.75 Å². The minimum atomic E-state index is -2.48. The van der Waals surface area contributed by atoms with E-state index in [1.165, 1.54) is 0 Å². The molecule has 0 saturated heterocycles. The van der Waals surface area contributed by atoms with E-state index in [1.54, 1.807) is 32.4 Å². The molecule has 26 heavy (non-hydrogen) atoms. The van der Waals surface area contributed by atoms with E-state index in [0.717, 1.165) is 18.5 Å². The molecule has 0 bridgehead atoms. The SMILES string of the molecule is CN=C(NCCCOCCOC)NCc1cccc(OCC(F)F)c1.I. The number of hydrogen-bond acceptors (Lipinski definition) is 4. The van der Waals surface area contributed by atoms with Gasteiger partial charge < -0.3 is 24.8 Å². The molecular formula is C17H28F2IN3O3. The second kappa shape index (κ2) is 16.0. The Labute approximate surface area is 170 Å². The third-order valence-corrected chi connectivity index (χ3v) is 3.15. The molecule has 0 aromatic heterocycles. The summed E-state index contributed by atoms with van der Waals surface area (Å²) in [6.45, 7) is 2.47. The fourth-order valence-electron chi connectivity index (χ4n) is 1.94. The van der Waals surface area contributed by atoms with E-state index in [4.69, 9.17) is 14.2 Å². The molecule has 2 N–H and O–H groups in total. The number of rotatable bonds is 12. The standard InChI is InChI=1S/C17H27F2N3O3.HI/c1-20-17(21-7-4-8-24-10-9-23-2)22-12-14-5-3-6-15(11-14)25-13-16(18)19;/h3,5-6,11,16H,4,7-10,12-13H2,1-2H3,(H2,20,21,22);1H. The normalized spacial score (nSPS) is 11.2. The molecule has 0 radical (unpaired) electrons. The molecule has 9 heteroatoms. The first-order valence-corrected chi connectivity index (χ1v) is 8.16. The Hall–Kier alpha value is -1.20. The number of aliphatic imine (C=N–C) groups is 1. The van der Waals surface area contributed by atoms with E-state index in [-0.39, 0.29) is 24.0 Å². The Balaban J connectivity index is 0.00000625. The molecule has 1 aromatic rings. The third kappa shape index (κ3) is 12.2. The number of nitrogens with zero attached hydrogens (tertiary/aromatic N) is 1. The number of ether oxygens (including phenoxy) is 3. The van der Waals surface area contributed by atoms with Crippen LogP contribution in [0.4, 0.5) is 8.78 Å². The Kier molecular flexibility index (Phi) is 15.3.